The number of carboxylic acid groups (broad SMARTS) is 1. The number of carbonyl (C=O) groups excluding carboxylic acids is 1. The van der Waals surface area contributed by atoms with E-state index in [2.05, 4.69) is 4.90 Å². The van der Waals surface area contributed by atoms with Crippen LogP contribution in [-0.2, 0) is 4.79 Å². The Morgan fingerprint density at radius 1 is 0.962 bits per heavy atom. The molecule has 0 atom stereocenters. The molecule has 7 heteroatoms. The van der Waals surface area contributed by atoms with Gasteiger partial charge in [-0.15, -0.1) is 0 Å². The van der Waals surface area contributed by atoms with Gasteiger partial charge in [-0.2, -0.15) is 0 Å². The molecule has 1 amide bonds. The zero-order valence-corrected chi connectivity index (χ0v) is 14.8. The molecule has 7 nitrogen and oxygen atoms in total. The van der Waals surface area contributed by atoms with Crippen LogP contribution in [0.1, 0.15) is 22.8 Å². The summed E-state index contributed by atoms with van der Waals surface area (Å²) in [6.45, 7) is 6.08. The van der Waals surface area contributed by atoms with Crippen LogP contribution in [0.2, 0.25) is 0 Å². The van der Waals surface area contributed by atoms with Gasteiger partial charge in [-0.3, -0.25) is 14.2 Å². The summed E-state index contributed by atoms with van der Waals surface area (Å²) in [5.74, 6) is -1.13. The van der Waals surface area contributed by atoms with Crippen molar-refractivity contribution >= 4 is 17.6 Å². The minimum absolute atomic E-state index is 0.0907. The normalized spacial score (nSPS) is 14.4. The van der Waals surface area contributed by atoms with E-state index in [-0.39, 0.29) is 11.5 Å². The highest BCUT2D eigenvalue weighted by Crippen LogP contribution is 2.19. The van der Waals surface area contributed by atoms with E-state index in [1.807, 2.05) is 17.0 Å². The molecule has 0 unspecified atom stereocenters. The second kappa shape index (κ2) is 7.03. The fourth-order valence-electron chi connectivity index (χ4n) is 3.19. The standard InChI is InChI=1S/C19H21N3O4/c1-13-7-8-22(18(24)17(13)19(25)26)16-5-3-15(4-6-16)21-11-9-20(10-12-21)14(2)23/h3-8H,9-12H2,1-2H3,(H,25,26). The number of pyridine rings is 1. The van der Waals surface area contributed by atoms with Gasteiger partial charge in [0.05, 0.1) is 0 Å². The number of piperazine rings is 1. The van der Waals surface area contributed by atoms with Gasteiger partial charge in [0.1, 0.15) is 5.56 Å². The van der Waals surface area contributed by atoms with Gasteiger partial charge in [-0.25, -0.2) is 4.79 Å². The molecule has 1 aromatic carbocycles. The molecule has 1 aliphatic rings. The Kier molecular flexibility index (Phi) is 4.79. The molecule has 1 aliphatic heterocycles. The second-order valence-electron chi connectivity index (χ2n) is 6.36. The van der Waals surface area contributed by atoms with Gasteiger partial charge in [-0.05, 0) is 42.8 Å². The molecule has 26 heavy (non-hydrogen) atoms. The van der Waals surface area contributed by atoms with Crippen molar-refractivity contribution in [2.45, 2.75) is 13.8 Å². The maximum absolute atomic E-state index is 12.5. The van der Waals surface area contributed by atoms with Crippen LogP contribution >= 0.6 is 0 Å². The topological polar surface area (TPSA) is 82.8 Å². The Morgan fingerprint density at radius 2 is 1.54 bits per heavy atom. The highest BCUT2D eigenvalue weighted by atomic mass is 16.4. The number of amides is 1. The summed E-state index contributed by atoms with van der Waals surface area (Å²) in [4.78, 5) is 39.2. The quantitative estimate of drug-likeness (QED) is 0.902. The molecule has 0 radical (unpaired) electrons. The van der Waals surface area contributed by atoms with Crippen molar-refractivity contribution in [3.8, 4) is 5.69 Å². The average Bonchev–Trinajstić information content (AvgIpc) is 2.62. The van der Waals surface area contributed by atoms with E-state index in [9.17, 15) is 19.5 Å². The molecule has 1 saturated heterocycles. The predicted octanol–water partition coefficient (Wildman–Crippen LogP) is 1.51. The number of aryl methyl sites for hydroxylation is 1. The molecule has 0 spiro atoms. The van der Waals surface area contributed by atoms with E-state index in [1.54, 1.807) is 38.2 Å². The molecule has 2 heterocycles. The summed E-state index contributed by atoms with van der Waals surface area (Å²) in [5.41, 5.74) is 1.31. The van der Waals surface area contributed by atoms with Crippen LogP contribution in [0.4, 0.5) is 5.69 Å². The third kappa shape index (κ3) is 3.33. The fraction of sp³-hybridized carbons (Fsp3) is 0.316. The molecular weight excluding hydrogens is 334 g/mol. The first-order chi connectivity index (χ1) is 12.4. The Morgan fingerprint density at radius 3 is 2.08 bits per heavy atom. The summed E-state index contributed by atoms with van der Waals surface area (Å²) in [6.07, 6.45) is 1.59. The van der Waals surface area contributed by atoms with Crippen molar-refractivity contribution in [2.24, 2.45) is 0 Å². The first-order valence-corrected chi connectivity index (χ1v) is 8.45. The van der Waals surface area contributed by atoms with Gasteiger partial charge in [0.15, 0.2) is 0 Å². The molecule has 3 rings (SSSR count). The van der Waals surface area contributed by atoms with E-state index >= 15 is 0 Å². The van der Waals surface area contributed by atoms with Gasteiger partial charge in [-0.1, -0.05) is 0 Å². The van der Waals surface area contributed by atoms with Gasteiger partial charge < -0.3 is 14.9 Å². The number of carboxylic acids is 1. The van der Waals surface area contributed by atoms with E-state index in [4.69, 9.17) is 0 Å². The summed E-state index contributed by atoms with van der Waals surface area (Å²) in [7, 11) is 0. The lowest BCUT2D eigenvalue weighted by Crippen LogP contribution is -2.48. The number of carbonyl (C=O) groups is 2. The molecule has 0 saturated carbocycles. The molecule has 0 aliphatic carbocycles. The van der Waals surface area contributed by atoms with Gasteiger partial charge in [0, 0.05) is 50.7 Å². The van der Waals surface area contributed by atoms with E-state index < -0.39 is 11.5 Å². The lowest BCUT2D eigenvalue weighted by atomic mass is 10.1. The number of anilines is 1. The smallest absolute Gasteiger partial charge is 0.341 e. The van der Waals surface area contributed by atoms with Gasteiger partial charge >= 0.3 is 5.97 Å². The van der Waals surface area contributed by atoms with Crippen LogP contribution in [0.25, 0.3) is 5.69 Å². The van der Waals surface area contributed by atoms with E-state index in [0.717, 1.165) is 18.8 Å². The monoisotopic (exact) mass is 355 g/mol. The zero-order valence-electron chi connectivity index (χ0n) is 14.8. The molecule has 1 aromatic heterocycles. The molecule has 2 aromatic rings. The molecule has 136 valence electrons. The Hall–Kier alpha value is -3.09. The van der Waals surface area contributed by atoms with Crippen LogP contribution in [0.15, 0.2) is 41.3 Å². The van der Waals surface area contributed by atoms with E-state index in [0.29, 0.717) is 24.3 Å². The number of nitrogens with zero attached hydrogens (tertiary/aromatic N) is 3. The van der Waals surface area contributed by atoms with Crippen molar-refractivity contribution < 1.29 is 14.7 Å². The van der Waals surface area contributed by atoms with Crippen molar-refractivity contribution in [3.05, 3.63) is 58.0 Å². The third-order valence-electron chi connectivity index (χ3n) is 4.73. The van der Waals surface area contributed by atoms with Crippen LogP contribution in [0, 0.1) is 6.92 Å². The minimum Gasteiger partial charge on any atom is -0.477 e. The molecular formula is C19H21N3O4. The SMILES string of the molecule is CC(=O)N1CCN(c2ccc(-n3ccc(C)c(C(=O)O)c3=O)cc2)CC1. The average molecular weight is 355 g/mol. The predicted molar refractivity (Wildman–Crippen MR) is 98.2 cm³/mol. The maximum Gasteiger partial charge on any atom is 0.341 e. The van der Waals surface area contributed by atoms with Gasteiger partial charge in [0.25, 0.3) is 5.56 Å². The second-order valence-corrected chi connectivity index (χ2v) is 6.36. The zero-order chi connectivity index (χ0) is 18.8. The Bertz CT molecular complexity index is 894. The fourth-order valence-corrected chi connectivity index (χ4v) is 3.19. The lowest BCUT2D eigenvalue weighted by molar-refractivity contribution is -0.129. The molecule has 1 fully saturated rings. The van der Waals surface area contributed by atoms with Crippen LogP contribution in [0.3, 0.4) is 0 Å². The number of hydrogen-bond donors (Lipinski definition) is 1. The number of aromatic carboxylic acids is 1. The first-order valence-electron chi connectivity index (χ1n) is 8.45. The lowest BCUT2D eigenvalue weighted by Gasteiger charge is -2.35. The highest BCUT2D eigenvalue weighted by molar-refractivity contribution is 5.88. The summed E-state index contributed by atoms with van der Waals surface area (Å²) < 4.78 is 1.34. The Balaban J connectivity index is 1.83. The van der Waals surface area contributed by atoms with Crippen molar-refractivity contribution in [3.63, 3.8) is 0 Å². The van der Waals surface area contributed by atoms with Crippen molar-refractivity contribution in [1.82, 2.24) is 9.47 Å². The van der Waals surface area contributed by atoms with Crippen molar-refractivity contribution in [1.29, 1.82) is 0 Å². The number of benzene rings is 1. The molecule has 0 bridgehead atoms. The number of aromatic nitrogens is 1. The summed E-state index contributed by atoms with van der Waals surface area (Å²) in [6, 6.07) is 9.04. The number of rotatable bonds is 3. The third-order valence-corrected chi connectivity index (χ3v) is 4.73. The number of hydrogen-bond acceptors (Lipinski definition) is 4. The van der Waals surface area contributed by atoms with Crippen LogP contribution < -0.4 is 10.5 Å². The molecule has 1 N–H and O–H groups in total. The largest absolute Gasteiger partial charge is 0.477 e. The van der Waals surface area contributed by atoms with Crippen LogP contribution in [-0.4, -0.2) is 52.6 Å². The van der Waals surface area contributed by atoms with Gasteiger partial charge in [0.2, 0.25) is 5.91 Å². The minimum atomic E-state index is -1.22. The summed E-state index contributed by atoms with van der Waals surface area (Å²) >= 11 is 0. The maximum atomic E-state index is 12.5. The Labute approximate surface area is 151 Å². The summed E-state index contributed by atoms with van der Waals surface area (Å²) in [5, 5.41) is 9.24. The van der Waals surface area contributed by atoms with E-state index in [1.165, 1.54) is 4.57 Å². The van der Waals surface area contributed by atoms with Crippen molar-refractivity contribution in [2.75, 3.05) is 31.1 Å². The first kappa shape index (κ1) is 17.7. The highest BCUT2D eigenvalue weighted by Gasteiger charge is 2.19. The van der Waals surface area contributed by atoms with Crippen LogP contribution in [0.5, 0.6) is 0 Å².